The van der Waals surface area contributed by atoms with Gasteiger partial charge in [0.1, 0.15) is 12.2 Å². The van der Waals surface area contributed by atoms with Crippen molar-refractivity contribution in [3.05, 3.63) is 105 Å². The number of thiocarbonyl (C=S) groups is 1. The fourth-order valence-corrected chi connectivity index (χ4v) is 4.76. The van der Waals surface area contributed by atoms with Crippen LogP contribution < -0.4 is 19.7 Å². The number of halogens is 2. The van der Waals surface area contributed by atoms with Crippen LogP contribution in [0.3, 0.4) is 0 Å². The van der Waals surface area contributed by atoms with Gasteiger partial charge in [-0.3, -0.25) is 19.8 Å². The highest BCUT2D eigenvalue weighted by atomic mass is 35.5. The van der Waals surface area contributed by atoms with Crippen molar-refractivity contribution in [2.45, 2.75) is 13.0 Å². The van der Waals surface area contributed by atoms with Gasteiger partial charge in [0.15, 0.2) is 16.6 Å². The number of carboxylic acids is 1. The molecule has 0 aromatic heterocycles. The highest BCUT2D eigenvalue weighted by Gasteiger charge is 2.35. The van der Waals surface area contributed by atoms with E-state index in [2.05, 4.69) is 11.9 Å². The number of anilines is 1. The summed E-state index contributed by atoms with van der Waals surface area (Å²) in [6, 6.07) is 14.2. The van der Waals surface area contributed by atoms with Gasteiger partial charge < -0.3 is 14.6 Å². The van der Waals surface area contributed by atoms with Gasteiger partial charge >= 0.3 is 5.97 Å². The van der Waals surface area contributed by atoms with Gasteiger partial charge in [-0.1, -0.05) is 41.4 Å². The first-order chi connectivity index (χ1) is 19.1. The van der Waals surface area contributed by atoms with E-state index in [0.29, 0.717) is 39.1 Å². The molecule has 1 saturated heterocycles. The molecular formula is C29H22Cl2N2O6S. The van der Waals surface area contributed by atoms with Crippen molar-refractivity contribution in [2.24, 2.45) is 0 Å². The predicted octanol–water partition coefficient (Wildman–Crippen LogP) is 5.84. The quantitative estimate of drug-likeness (QED) is 0.138. The SMILES string of the molecule is C=CCc1cc(C=C2C(=O)NC(=S)N(c3cccc(C(=O)O)c3)C2=O)cc(OC)c1OCc1ccc(Cl)cc1Cl. The minimum absolute atomic E-state index is 0.0372. The van der Waals surface area contributed by atoms with Gasteiger partial charge in [0.25, 0.3) is 11.8 Å². The molecule has 1 heterocycles. The number of hydrogen-bond acceptors (Lipinski definition) is 6. The number of allylic oxidation sites excluding steroid dienone is 1. The van der Waals surface area contributed by atoms with Crippen LogP contribution in [0.25, 0.3) is 6.08 Å². The zero-order valence-electron chi connectivity index (χ0n) is 21.1. The standard InChI is InChI=1S/C29H22Cl2N2O6S/c1-3-5-17-10-16(12-24(38-2)25(17)39-15-19-8-9-20(30)14-23(19)31)11-22-26(34)32-29(40)33(27(22)35)21-7-4-6-18(13-21)28(36)37/h3-4,6-14H,1,5,15H2,2H3,(H,36,37)(H,32,34,40). The summed E-state index contributed by atoms with van der Waals surface area (Å²) in [7, 11) is 1.47. The molecule has 40 heavy (non-hydrogen) atoms. The van der Waals surface area contributed by atoms with Crippen LogP contribution in [0.1, 0.15) is 27.0 Å². The van der Waals surface area contributed by atoms with Crippen molar-refractivity contribution in [3.63, 3.8) is 0 Å². The lowest BCUT2D eigenvalue weighted by Gasteiger charge is -2.29. The second kappa shape index (κ2) is 12.3. The number of carbonyl (C=O) groups is 3. The highest BCUT2D eigenvalue weighted by Crippen LogP contribution is 2.36. The third-order valence-corrected chi connectivity index (χ3v) is 6.76. The average molecular weight is 597 g/mol. The largest absolute Gasteiger partial charge is 0.493 e. The molecule has 3 aromatic rings. The van der Waals surface area contributed by atoms with Crippen LogP contribution in [0, 0.1) is 0 Å². The Labute approximate surface area is 245 Å². The highest BCUT2D eigenvalue weighted by molar-refractivity contribution is 7.80. The molecule has 2 N–H and O–H groups in total. The fourth-order valence-electron chi connectivity index (χ4n) is 4.01. The van der Waals surface area contributed by atoms with Gasteiger partial charge in [-0.2, -0.15) is 0 Å². The normalized spacial score (nSPS) is 14.2. The topological polar surface area (TPSA) is 105 Å². The summed E-state index contributed by atoms with van der Waals surface area (Å²) in [5.74, 6) is -1.76. The number of amides is 2. The molecule has 1 aliphatic heterocycles. The Bertz CT molecular complexity index is 1590. The zero-order chi connectivity index (χ0) is 29.0. The van der Waals surface area contributed by atoms with E-state index in [9.17, 15) is 19.5 Å². The van der Waals surface area contributed by atoms with Crippen LogP contribution in [0.15, 0.2) is 72.8 Å². The predicted molar refractivity (Wildman–Crippen MR) is 157 cm³/mol. The Morgan fingerprint density at radius 2 is 1.90 bits per heavy atom. The molecular weight excluding hydrogens is 575 g/mol. The Morgan fingerprint density at radius 1 is 1.12 bits per heavy atom. The monoisotopic (exact) mass is 596 g/mol. The number of methoxy groups -OCH3 is 1. The number of hydrogen-bond donors (Lipinski definition) is 2. The van der Waals surface area contributed by atoms with E-state index < -0.39 is 17.8 Å². The summed E-state index contributed by atoms with van der Waals surface area (Å²) in [4.78, 5) is 38.8. The number of benzene rings is 3. The van der Waals surface area contributed by atoms with E-state index in [1.54, 1.807) is 36.4 Å². The zero-order valence-corrected chi connectivity index (χ0v) is 23.4. The van der Waals surface area contributed by atoms with E-state index >= 15 is 0 Å². The molecule has 4 rings (SSSR count). The molecule has 2 amide bonds. The van der Waals surface area contributed by atoms with Crippen LogP contribution in [0.4, 0.5) is 5.69 Å². The lowest BCUT2D eigenvalue weighted by atomic mass is 10.0. The van der Waals surface area contributed by atoms with Gasteiger partial charge in [0.2, 0.25) is 0 Å². The number of nitrogens with zero attached hydrogens (tertiary/aromatic N) is 1. The third kappa shape index (κ3) is 6.17. The second-order valence-corrected chi connectivity index (χ2v) is 9.77. The van der Waals surface area contributed by atoms with Crippen LogP contribution in [0.5, 0.6) is 11.5 Å². The summed E-state index contributed by atoms with van der Waals surface area (Å²) in [5.41, 5.74) is 1.85. The van der Waals surface area contributed by atoms with Crippen molar-refractivity contribution in [3.8, 4) is 11.5 Å². The van der Waals surface area contributed by atoms with Crippen LogP contribution >= 0.6 is 35.4 Å². The molecule has 0 saturated carbocycles. The molecule has 0 spiro atoms. The van der Waals surface area contributed by atoms with E-state index in [0.717, 1.165) is 10.5 Å². The molecule has 0 atom stereocenters. The number of carboxylic acid groups (broad SMARTS) is 1. The van der Waals surface area contributed by atoms with Gasteiger partial charge in [0.05, 0.1) is 18.4 Å². The molecule has 0 unspecified atom stereocenters. The van der Waals surface area contributed by atoms with Crippen LogP contribution in [0.2, 0.25) is 10.0 Å². The number of ether oxygens (including phenoxy) is 2. The summed E-state index contributed by atoms with van der Waals surface area (Å²) in [6.07, 6.45) is 3.49. The van der Waals surface area contributed by atoms with E-state index in [-0.39, 0.29) is 28.5 Å². The Morgan fingerprint density at radius 3 is 2.58 bits per heavy atom. The maximum Gasteiger partial charge on any atom is 0.335 e. The maximum atomic E-state index is 13.4. The Balaban J connectivity index is 1.71. The molecule has 8 nitrogen and oxygen atoms in total. The second-order valence-electron chi connectivity index (χ2n) is 8.54. The minimum atomic E-state index is -1.17. The van der Waals surface area contributed by atoms with Crippen molar-refractivity contribution >= 4 is 70.1 Å². The lowest BCUT2D eigenvalue weighted by Crippen LogP contribution is -2.54. The molecule has 0 radical (unpaired) electrons. The summed E-state index contributed by atoms with van der Waals surface area (Å²) in [5, 5.41) is 12.6. The Kier molecular flexibility index (Phi) is 8.89. The smallest absolute Gasteiger partial charge is 0.335 e. The summed E-state index contributed by atoms with van der Waals surface area (Å²) >= 11 is 17.5. The Hall–Kier alpha value is -4.18. The maximum absolute atomic E-state index is 13.4. The van der Waals surface area contributed by atoms with Crippen LogP contribution in [-0.2, 0) is 22.6 Å². The van der Waals surface area contributed by atoms with E-state index in [1.165, 1.54) is 37.5 Å². The van der Waals surface area contributed by atoms with Gasteiger partial charge in [0, 0.05) is 21.2 Å². The first-order valence-corrected chi connectivity index (χ1v) is 12.9. The third-order valence-electron chi connectivity index (χ3n) is 5.89. The van der Waals surface area contributed by atoms with Crippen molar-refractivity contribution < 1.29 is 29.0 Å². The molecule has 0 aliphatic carbocycles. The average Bonchev–Trinajstić information content (AvgIpc) is 2.91. The number of nitrogens with one attached hydrogen (secondary N) is 1. The lowest BCUT2D eigenvalue weighted by molar-refractivity contribution is -0.122. The number of rotatable bonds is 9. The van der Waals surface area contributed by atoms with E-state index in [4.69, 9.17) is 44.9 Å². The van der Waals surface area contributed by atoms with Gasteiger partial charge in [-0.25, -0.2) is 4.79 Å². The fraction of sp³-hybridized carbons (Fsp3) is 0.103. The first kappa shape index (κ1) is 28.8. The number of carbonyl (C=O) groups excluding carboxylic acids is 2. The molecule has 204 valence electrons. The van der Waals surface area contributed by atoms with Gasteiger partial charge in [-0.05, 0) is 72.7 Å². The van der Waals surface area contributed by atoms with Crippen LogP contribution in [-0.4, -0.2) is 35.1 Å². The first-order valence-electron chi connectivity index (χ1n) is 11.8. The molecule has 1 fully saturated rings. The summed E-state index contributed by atoms with van der Waals surface area (Å²) < 4.78 is 11.7. The molecule has 1 aliphatic rings. The van der Waals surface area contributed by atoms with Crippen molar-refractivity contribution in [1.82, 2.24) is 5.32 Å². The van der Waals surface area contributed by atoms with Gasteiger partial charge in [-0.15, -0.1) is 6.58 Å². The van der Waals surface area contributed by atoms with Crippen molar-refractivity contribution in [1.29, 1.82) is 0 Å². The molecule has 0 bridgehead atoms. The minimum Gasteiger partial charge on any atom is -0.493 e. The van der Waals surface area contributed by atoms with E-state index in [1.807, 2.05) is 0 Å². The van der Waals surface area contributed by atoms with Crippen molar-refractivity contribution in [2.75, 3.05) is 12.0 Å². The molecule has 11 heteroatoms. The number of aromatic carboxylic acids is 1. The summed E-state index contributed by atoms with van der Waals surface area (Å²) in [6.45, 7) is 3.95. The molecule has 3 aromatic carbocycles.